The van der Waals surface area contributed by atoms with Crippen LogP contribution in [0, 0.1) is 0 Å². The number of ketones is 1. The summed E-state index contributed by atoms with van der Waals surface area (Å²) in [6.07, 6.45) is 4.97. The van der Waals surface area contributed by atoms with Gasteiger partial charge in [0.1, 0.15) is 5.82 Å². The number of hydrogen-bond acceptors (Lipinski definition) is 5. The van der Waals surface area contributed by atoms with Gasteiger partial charge < -0.3 is 4.90 Å². The lowest BCUT2D eigenvalue weighted by molar-refractivity contribution is 0.0991. The molecular formula is C20H23N5O. The summed E-state index contributed by atoms with van der Waals surface area (Å²) in [4.78, 5) is 19.4. The molecule has 0 aromatic carbocycles. The Morgan fingerprint density at radius 3 is 2.85 bits per heavy atom. The fourth-order valence-electron chi connectivity index (χ4n) is 3.59. The molecule has 1 aliphatic rings. The van der Waals surface area contributed by atoms with E-state index < -0.39 is 0 Å². The van der Waals surface area contributed by atoms with Crippen LogP contribution in [-0.4, -0.2) is 49.4 Å². The van der Waals surface area contributed by atoms with Crippen LogP contribution >= 0.6 is 0 Å². The van der Waals surface area contributed by atoms with Crippen molar-refractivity contribution in [3.63, 3.8) is 0 Å². The molecule has 1 saturated heterocycles. The Labute approximate surface area is 152 Å². The Hall–Kier alpha value is -2.60. The van der Waals surface area contributed by atoms with Gasteiger partial charge in [-0.25, -0.2) is 0 Å². The third kappa shape index (κ3) is 3.24. The van der Waals surface area contributed by atoms with Crippen molar-refractivity contribution >= 4 is 11.4 Å². The number of carbonyl (C=O) groups is 1. The number of carbonyl (C=O) groups excluding carboxylic acids is 1. The van der Waals surface area contributed by atoms with Crippen LogP contribution in [0.3, 0.4) is 0 Å². The van der Waals surface area contributed by atoms with E-state index in [1.54, 1.807) is 6.20 Å². The second-order valence-corrected chi connectivity index (χ2v) is 7.20. The quantitative estimate of drug-likeness (QED) is 0.663. The fraction of sp³-hybridized carbons (Fsp3) is 0.400. The first-order valence-corrected chi connectivity index (χ1v) is 9.13. The Kier molecular flexibility index (Phi) is 4.51. The molecule has 3 aromatic heterocycles. The van der Waals surface area contributed by atoms with E-state index in [0.29, 0.717) is 23.9 Å². The van der Waals surface area contributed by atoms with E-state index in [0.717, 1.165) is 36.7 Å². The molecule has 3 aromatic rings. The molecule has 1 unspecified atom stereocenters. The van der Waals surface area contributed by atoms with E-state index in [4.69, 9.17) is 0 Å². The molecule has 0 N–H and O–H groups in total. The lowest BCUT2D eigenvalue weighted by Crippen LogP contribution is -2.28. The molecule has 0 amide bonds. The van der Waals surface area contributed by atoms with Crippen molar-refractivity contribution in [2.45, 2.75) is 38.6 Å². The summed E-state index contributed by atoms with van der Waals surface area (Å²) in [6.45, 7) is 6.51. The SMILES string of the molecule is CC(C)N1CCC(c2nnc3ccc(C(=O)Cc4ccccn4)cn23)C1. The second kappa shape index (κ2) is 6.96. The highest BCUT2D eigenvalue weighted by Gasteiger charge is 2.29. The van der Waals surface area contributed by atoms with Gasteiger partial charge in [-0.1, -0.05) is 6.07 Å². The van der Waals surface area contributed by atoms with E-state index in [9.17, 15) is 4.79 Å². The zero-order valence-corrected chi connectivity index (χ0v) is 15.2. The maximum Gasteiger partial charge on any atom is 0.170 e. The lowest BCUT2D eigenvalue weighted by Gasteiger charge is -2.19. The van der Waals surface area contributed by atoms with Gasteiger partial charge >= 0.3 is 0 Å². The van der Waals surface area contributed by atoms with Gasteiger partial charge in [-0.3, -0.25) is 14.2 Å². The summed E-state index contributed by atoms with van der Waals surface area (Å²) < 4.78 is 1.99. The predicted molar refractivity (Wildman–Crippen MR) is 99.3 cm³/mol. The number of fused-ring (bicyclic) bond motifs is 1. The first kappa shape index (κ1) is 16.8. The van der Waals surface area contributed by atoms with Crippen molar-refractivity contribution in [2.75, 3.05) is 13.1 Å². The summed E-state index contributed by atoms with van der Waals surface area (Å²) in [5.41, 5.74) is 2.24. The smallest absolute Gasteiger partial charge is 0.170 e. The third-order valence-corrected chi connectivity index (χ3v) is 5.13. The van der Waals surface area contributed by atoms with Gasteiger partial charge in [-0.05, 0) is 51.1 Å². The van der Waals surface area contributed by atoms with Crippen LogP contribution < -0.4 is 0 Å². The van der Waals surface area contributed by atoms with Crippen molar-refractivity contribution in [1.82, 2.24) is 24.5 Å². The molecule has 1 aliphatic heterocycles. The van der Waals surface area contributed by atoms with Gasteiger partial charge in [-0.15, -0.1) is 10.2 Å². The molecule has 0 spiro atoms. The van der Waals surface area contributed by atoms with Crippen molar-refractivity contribution in [1.29, 1.82) is 0 Å². The summed E-state index contributed by atoms with van der Waals surface area (Å²) in [5, 5.41) is 8.71. The average molecular weight is 349 g/mol. The van der Waals surface area contributed by atoms with E-state index in [-0.39, 0.29) is 5.78 Å². The van der Waals surface area contributed by atoms with Gasteiger partial charge in [0.25, 0.3) is 0 Å². The minimum absolute atomic E-state index is 0.0560. The molecule has 4 rings (SSSR count). The molecule has 26 heavy (non-hydrogen) atoms. The molecule has 0 aliphatic carbocycles. The number of Topliss-reactive ketones (excluding diaryl/α,β-unsaturated/α-hetero) is 1. The van der Waals surface area contributed by atoms with Gasteiger partial charge in [0.05, 0.1) is 6.42 Å². The molecule has 0 bridgehead atoms. The minimum atomic E-state index is 0.0560. The number of rotatable bonds is 5. The highest BCUT2D eigenvalue weighted by molar-refractivity contribution is 5.97. The van der Waals surface area contributed by atoms with Crippen LogP contribution in [-0.2, 0) is 6.42 Å². The highest BCUT2D eigenvalue weighted by Crippen LogP contribution is 2.27. The molecule has 1 atom stereocenters. The topological polar surface area (TPSA) is 63.4 Å². The van der Waals surface area contributed by atoms with E-state index in [2.05, 4.69) is 33.9 Å². The molecule has 0 radical (unpaired) electrons. The number of likely N-dealkylation sites (tertiary alicyclic amines) is 1. The number of nitrogens with zero attached hydrogens (tertiary/aromatic N) is 5. The van der Waals surface area contributed by atoms with Crippen LogP contribution in [0.1, 0.15) is 48.1 Å². The first-order valence-electron chi connectivity index (χ1n) is 9.13. The summed E-state index contributed by atoms with van der Waals surface area (Å²) in [7, 11) is 0. The Morgan fingerprint density at radius 1 is 1.23 bits per heavy atom. The number of aromatic nitrogens is 4. The first-order chi connectivity index (χ1) is 12.6. The van der Waals surface area contributed by atoms with E-state index in [1.165, 1.54) is 0 Å². The molecule has 134 valence electrons. The molecule has 0 saturated carbocycles. The fourth-order valence-corrected chi connectivity index (χ4v) is 3.59. The molecular weight excluding hydrogens is 326 g/mol. The standard InChI is InChI=1S/C20H23N5O/c1-14(2)24-10-8-16(12-24)20-23-22-19-7-6-15(13-25(19)20)18(26)11-17-5-3-4-9-21-17/h3-7,9,13-14,16H,8,10-12H2,1-2H3. The Morgan fingerprint density at radius 2 is 2.12 bits per heavy atom. The largest absolute Gasteiger partial charge is 0.300 e. The molecule has 1 fully saturated rings. The van der Waals surface area contributed by atoms with Crippen LogP contribution in [0.15, 0.2) is 42.7 Å². The van der Waals surface area contributed by atoms with Gasteiger partial charge in [0, 0.05) is 42.2 Å². The van der Waals surface area contributed by atoms with Gasteiger partial charge in [-0.2, -0.15) is 0 Å². The maximum atomic E-state index is 12.7. The van der Waals surface area contributed by atoms with Crippen LogP contribution in [0.25, 0.3) is 5.65 Å². The van der Waals surface area contributed by atoms with Crippen LogP contribution in [0.5, 0.6) is 0 Å². The zero-order chi connectivity index (χ0) is 18.1. The van der Waals surface area contributed by atoms with Crippen molar-refractivity contribution in [3.8, 4) is 0 Å². The van der Waals surface area contributed by atoms with Crippen molar-refractivity contribution in [3.05, 3.63) is 59.8 Å². The summed E-state index contributed by atoms with van der Waals surface area (Å²) in [5.74, 6) is 1.37. The summed E-state index contributed by atoms with van der Waals surface area (Å²) in [6, 6.07) is 9.86. The normalized spacial score (nSPS) is 18.0. The molecule has 6 nitrogen and oxygen atoms in total. The Bertz CT molecular complexity index is 918. The number of hydrogen-bond donors (Lipinski definition) is 0. The van der Waals surface area contributed by atoms with Crippen molar-refractivity contribution in [2.24, 2.45) is 0 Å². The second-order valence-electron chi connectivity index (χ2n) is 7.20. The maximum absolute atomic E-state index is 12.7. The minimum Gasteiger partial charge on any atom is -0.300 e. The average Bonchev–Trinajstić information content (AvgIpc) is 3.28. The third-order valence-electron chi connectivity index (χ3n) is 5.13. The number of pyridine rings is 2. The summed E-state index contributed by atoms with van der Waals surface area (Å²) >= 11 is 0. The lowest BCUT2D eigenvalue weighted by atomic mass is 10.1. The monoisotopic (exact) mass is 349 g/mol. The zero-order valence-electron chi connectivity index (χ0n) is 15.2. The van der Waals surface area contributed by atoms with Crippen LogP contribution in [0.4, 0.5) is 0 Å². The van der Waals surface area contributed by atoms with Gasteiger partial charge in [0.2, 0.25) is 0 Å². The van der Waals surface area contributed by atoms with E-state index in [1.807, 2.05) is 40.9 Å². The van der Waals surface area contributed by atoms with Crippen LogP contribution in [0.2, 0.25) is 0 Å². The molecule has 6 heteroatoms. The van der Waals surface area contributed by atoms with Crippen molar-refractivity contribution < 1.29 is 4.79 Å². The molecule has 4 heterocycles. The predicted octanol–water partition coefficient (Wildman–Crippen LogP) is 2.75. The Balaban J connectivity index is 1.60. The van der Waals surface area contributed by atoms with Gasteiger partial charge in [0.15, 0.2) is 11.4 Å². The highest BCUT2D eigenvalue weighted by atomic mass is 16.1. The van der Waals surface area contributed by atoms with E-state index >= 15 is 0 Å².